The van der Waals surface area contributed by atoms with E-state index in [0.29, 0.717) is 0 Å². The highest BCUT2D eigenvalue weighted by molar-refractivity contribution is 9.10. The van der Waals surface area contributed by atoms with Gasteiger partial charge in [-0.3, -0.25) is 10.1 Å². The van der Waals surface area contributed by atoms with Crippen LogP contribution in [0.4, 0.5) is 18.9 Å². The van der Waals surface area contributed by atoms with Crippen molar-refractivity contribution in [2.45, 2.75) is 13.3 Å². The first-order valence-corrected chi connectivity index (χ1v) is 4.70. The number of rotatable bonds is 2. The fourth-order valence-corrected chi connectivity index (χ4v) is 1.69. The molecule has 0 aromatic heterocycles. The molecule has 16 heavy (non-hydrogen) atoms. The van der Waals surface area contributed by atoms with Crippen molar-refractivity contribution in [3.05, 3.63) is 32.3 Å². The van der Waals surface area contributed by atoms with Crippen molar-refractivity contribution in [2.24, 2.45) is 0 Å². The smallest absolute Gasteiger partial charge is 0.398 e. The molecule has 8 heteroatoms. The van der Waals surface area contributed by atoms with Crippen molar-refractivity contribution >= 4 is 21.6 Å². The number of aryl methyl sites for hydroxylation is 1. The highest BCUT2D eigenvalue weighted by Gasteiger charge is 2.35. The first-order chi connectivity index (χ1) is 7.20. The molecule has 0 amide bonds. The average Bonchev–Trinajstić information content (AvgIpc) is 1.96. The summed E-state index contributed by atoms with van der Waals surface area (Å²) in [5.74, 6) is -0.829. The van der Waals surface area contributed by atoms with Gasteiger partial charge in [-0.25, -0.2) is 0 Å². The number of halogens is 4. The van der Waals surface area contributed by atoms with Crippen LogP contribution in [0.15, 0.2) is 16.6 Å². The molecule has 0 radical (unpaired) electrons. The van der Waals surface area contributed by atoms with E-state index < -0.39 is 22.7 Å². The molecule has 0 atom stereocenters. The van der Waals surface area contributed by atoms with E-state index in [9.17, 15) is 23.3 Å². The fourth-order valence-electron chi connectivity index (χ4n) is 1.14. The number of nitro benzene ring substituents is 1. The first kappa shape index (κ1) is 12.8. The minimum Gasteiger partial charge on any atom is -0.398 e. The highest BCUT2D eigenvalue weighted by atomic mass is 79.9. The van der Waals surface area contributed by atoms with Crippen LogP contribution in [0.3, 0.4) is 0 Å². The van der Waals surface area contributed by atoms with Gasteiger partial charge < -0.3 is 4.74 Å². The molecule has 0 aliphatic carbocycles. The van der Waals surface area contributed by atoms with E-state index in [0.717, 1.165) is 6.07 Å². The largest absolute Gasteiger partial charge is 0.573 e. The molecule has 0 bridgehead atoms. The van der Waals surface area contributed by atoms with Gasteiger partial charge in [-0.15, -0.1) is 13.2 Å². The van der Waals surface area contributed by atoms with Gasteiger partial charge in [0, 0.05) is 16.1 Å². The SMILES string of the molecule is Cc1cc(Br)cc(OC(F)(F)F)c1[N+](=O)[O-]. The Morgan fingerprint density at radius 3 is 2.44 bits per heavy atom. The second kappa shape index (κ2) is 4.28. The van der Waals surface area contributed by atoms with Gasteiger partial charge in [0.1, 0.15) is 0 Å². The molecular weight excluding hydrogens is 295 g/mol. The summed E-state index contributed by atoms with van der Waals surface area (Å²) in [7, 11) is 0. The van der Waals surface area contributed by atoms with Gasteiger partial charge in [-0.2, -0.15) is 0 Å². The molecule has 0 N–H and O–H groups in total. The van der Waals surface area contributed by atoms with Gasteiger partial charge >= 0.3 is 12.0 Å². The Hall–Kier alpha value is -1.31. The first-order valence-electron chi connectivity index (χ1n) is 3.91. The van der Waals surface area contributed by atoms with Crippen molar-refractivity contribution in [3.63, 3.8) is 0 Å². The number of ether oxygens (including phenoxy) is 1. The minimum atomic E-state index is -4.96. The lowest BCUT2D eigenvalue weighted by atomic mass is 10.2. The van der Waals surface area contributed by atoms with Gasteiger partial charge in [0.2, 0.25) is 5.75 Å². The predicted molar refractivity (Wildman–Crippen MR) is 52.2 cm³/mol. The summed E-state index contributed by atoms with van der Waals surface area (Å²) in [6, 6.07) is 2.24. The molecule has 1 aromatic rings. The number of nitro groups is 1. The monoisotopic (exact) mass is 299 g/mol. The van der Waals surface area contributed by atoms with E-state index in [-0.39, 0.29) is 10.0 Å². The highest BCUT2D eigenvalue weighted by Crippen LogP contribution is 2.37. The van der Waals surface area contributed by atoms with Gasteiger partial charge in [0.25, 0.3) is 0 Å². The van der Waals surface area contributed by atoms with Crippen molar-refractivity contribution in [3.8, 4) is 5.75 Å². The van der Waals surface area contributed by atoms with Gasteiger partial charge in [0.05, 0.1) is 4.92 Å². The summed E-state index contributed by atoms with van der Waals surface area (Å²) in [6.07, 6.45) is -4.96. The van der Waals surface area contributed by atoms with Crippen molar-refractivity contribution in [1.29, 1.82) is 0 Å². The molecule has 1 aromatic carbocycles. The van der Waals surface area contributed by atoms with E-state index in [2.05, 4.69) is 20.7 Å². The summed E-state index contributed by atoms with van der Waals surface area (Å²) < 4.78 is 39.8. The average molecular weight is 300 g/mol. The quantitative estimate of drug-likeness (QED) is 0.620. The summed E-state index contributed by atoms with van der Waals surface area (Å²) in [4.78, 5) is 9.67. The predicted octanol–water partition coefficient (Wildman–Crippen LogP) is 3.56. The van der Waals surface area contributed by atoms with Crippen LogP contribution in [0.1, 0.15) is 5.56 Å². The maximum Gasteiger partial charge on any atom is 0.573 e. The minimum absolute atomic E-state index is 0.0821. The maximum absolute atomic E-state index is 12.0. The van der Waals surface area contributed by atoms with Crippen LogP contribution >= 0.6 is 15.9 Å². The maximum atomic E-state index is 12.0. The third-order valence-electron chi connectivity index (χ3n) is 1.64. The summed E-state index contributed by atoms with van der Waals surface area (Å²) in [5.41, 5.74) is -0.612. The molecule has 0 saturated heterocycles. The van der Waals surface area contributed by atoms with Gasteiger partial charge in [0.15, 0.2) is 0 Å². The molecule has 0 aliphatic rings. The van der Waals surface area contributed by atoms with Crippen molar-refractivity contribution in [2.75, 3.05) is 0 Å². The zero-order chi connectivity index (χ0) is 12.5. The standard InChI is InChI=1S/C8H5BrF3NO3/c1-4-2-5(9)3-6(7(4)13(14)15)16-8(10,11)12/h2-3H,1H3. The van der Waals surface area contributed by atoms with Crippen LogP contribution in [-0.4, -0.2) is 11.3 Å². The van der Waals surface area contributed by atoms with Gasteiger partial charge in [-0.05, 0) is 13.0 Å². The zero-order valence-electron chi connectivity index (χ0n) is 7.84. The van der Waals surface area contributed by atoms with E-state index in [1.165, 1.54) is 13.0 Å². The van der Waals surface area contributed by atoms with Crippen molar-refractivity contribution < 1.29 is 22.8 Å². The normalized spacial score (nSPS) is 11.3. The summed E-state index contributed by atoms with van der Waals surface area (Å²) in [6.45, 7) is 1.33. The van der Waals surface area contributed by atoms with Crippen molar-refractivity contribution in [1.82, 2.24) is 0 Å². The van der Waals surface area contributed by atoms with Crippen LogP contribution in [0.2, 0.25) is 0 Å². The number of hydrogen-bond acceptors (Lipinski definition) is 3. The van der Waals surface area contributed by atoms with Crippen LogP contribution in [0.5, 0.6) is 5.75 Å². The van der Waals surface area contributed by atoms with E-state index in [4.69, 9.17) is 0 Å². The number of alkyl halides is 3. The number of benzene rings is 1. The number of nitrogens with zero attached hydrogens (tertiary/aromatic N) is 1. The third-order valence-corrected chi connectivity index (χ3v) is 2.10. The molecular formula is C8H5BrF3NO3. The molecule has 0 unspecified atom stereocenters. The van der Waals surface area contributed by atoms with E-state index in [1.54, 1.807) is 0 Å². The van der Waals surface area contributed by atoms with Gasteiger partial charge in [-0.1, -0.05) is 15.9 Å². The Morgan fingerprint density at radius 2 is 2.00 bits per heavy atom. The third kappa shape index (κ3) is 3.09. The lowest BCUT2D eigenvalue weighted by molar-refractivity contribution is -0.389. The zero-order valence-corrected chi connectivity index (χ0v) is 9.42. The second-order valence-corrected chi connectivity index (χ2v) is 3.79. The Kier molecular flexibility index (Phi) is 3.41. The molecule has 0 aliphatic heterocycles. The Bertz CT molecular complexity index is 433. The molecule has 0 fully saturated rings. The molecule has 4 nitrogen and oxygen atoms in total. The van der Waals surface area contributed by atoms with E-state index >= 15 is 0 Å². The van der Waals surface area contributed by atoms with Crippen LogP contribution in [-0.2, 0) is 0 Å². The Morgan fingerprint density at radius 1 is 1.44 bits per heavy atom. The van der Waals surface area contributed by atoms with Crippen LogP contribution in [0.25, 0.3) is 0 Å². The Balaban J connectivity index is 3.30. The summed E-state index contributed by atoms with van der Waals surface area (Å²) in [5, 5.41) is 10.6. The number of hydrogen-bond donors (Lipinski definition) is 0. The Labute approximate surface area is 96.3 Å². The topological polar surface area (TPSA) is 52.4 Å². The molecule has 0 saturated carbocycles. The molecule has 0 spiro atoms. The molecule has 88 valence electrons. The van der Waals surface area contributed by atoms with Crippen LogP contribution < -0.4 is 4.74 Å². The summed E-state index contributed by atoms with van der Waals surface area (Å²) >= 11 is 2.93. The molecule has 1 rings (SSSR count). The lowest BCUT2D eigenvalue weighted by Gasteiger charge is -2.10. The second-order valence-electron chi connectivity index (χ2n) is 2.87. The van der Waals surface area contributed by atoms with Crippen LogP contribution in [0, 0.1) is 17.0 Å². The fraction of sp³-hybridized carbons (Fsp3) is 0.250. The van der Waals surface area contributed by atoms with E-state index in [1.807, 2.05) is 0 Å². The molecule has 0 heterocycles. The lowest BCUT2D eigenvalue weighted by Crippen LogP contribution is -2.18.